The van der Waals surface area contributed by atoms with E-state index in [0.29, 0.717) is 17.2 Å². The fourth-order valence-electron chi connectivity index (χ4n) is 2.65. The van der Waals surface area contributed by atoms with E-state index in [0.717, 1.165) is 0 Å². The van der Waals surface area contributed by atoms with Crippen LogP contribution in [-0.2, 0) is 9.53 Å². The maximum absolute atomic E-state index is 13.2. The summed E-state index contributed by atoms with van der Waals surface area (Å²) in [5.41, 5.74) is 0.435. The van der Waals surface area contributed by atoms with Crippen LogP contribution in [0.25, 0.3) is 0 Å². The van der Waals surface area contributed by atoms with Crippen LogP contribution in [0.2, 0.25) is 0 Å². The number of nitrogens with zero attached hydrogens (tertiary/aromatic N) is 2. The molecule has 0 radical (unpaired) electrons. The molecule has 9 heteroatoms. The number of amides is 1. The van der Waals surface area contributed by atoms with Gasteiger partial charge in [-0.05, 0) is 24.3 Å². The molecular formula is C21H21FN2O6. The van der Waals surface area contributed by atoms with E-state index in [2.05, 4.69) is 0 Å². The number of benzene rings is 2. The maximum Gasteiger partial charge on any atom is 0.342 e. The lowest BCUT2D eigenvalue weighted by Gasteiger charge is -2.22. The average molecular weight is 416 g/mol. The number of carbonyl (C=O) groups excluding carboxylic acids is 2. The smallest absolute Gasteiger partial charge is 0.342 e. The third kappa shape index (κ3) is 5.38. The minimum Gasteiger partial charge on any atom is -0.496 e. The lowest BCUT2D eigenvalue weighted by Crippen LogP contribution is -2.35. The van der Waals surface area contributed by atoms with Gasteiger partial charge >= 0.3 is 5.97 Å². The molecule has 30 heavy (non-hydrogen) atoms. The summed E-state index contributed by atoms with van der Waals surface area (Å²) in [6.07, 6.45) is 0.0561. The normalized spacial score (nSPS) is 9.97. The van der Waals surface area contributed by atoms with Crippen molar-refractivity contribution in [3.63, 3.8) is 0 Å². The molecule has 2 aromatic carbocycles. The molecule has 8 nitrogen and oxygen atoms in total. The number of carbonyl (C=O) groups is 2. The highest BCUT2D eigenvalue weighted by atomic mass is 19.1. The molecule has 0 unspecified atom stereocenters. The fraction of sp³-hybridized carbons (Fsp3) is 0.286. The van der Waals surface area contributed by atoms with Crippen molar-refractivity contribution >= 4 is 17.6 Å². The van der Waals surface area contributed by atoms with Crippen LogP contribution in [0, 0.1) is 17.1 Å². The quantitative estimate of drug-likeness (QED) is 0.580. The second-order valence-electron chi connectivity index (χ2n) is 5.91. The Kier molecular flexibility index (Phi) is 7.99. The predicted molar refractivity (Wildman–Crippen MR) is 105 cm³/mol. The maximum atomic E-state index is 13.2. The zero-order chi connectivity index (χ0) is 22.1. The van der Waals surface area contributed by atoms with Crippen LogP contribution < -0.4 is 19.1 Å². The molecule has 0 N–H and O–H groups in total. The molecule has 0 fully saturated rings. The van der Waals surface area contributed by atoms with E-state index < -0.39 is 24.3 Å². The summed E-state index contributed by atoms with van der Waals surface area (Å²) < 4.78 is 33.9. The van der Waals surface area contributed by atoms with Crippen molar-refractivity contribution in [3.05, 3.63) is 47.8 Å². The van der Waals surface area contributed by atoms with Crippen LogP contribution in [0.3, 0.4) is 0 Å². The zero-order valence-corrected chi connectivity index (χ0v) is 16.8. The Morgan fingerprint density at radius 3 is 2.17 bits per heavy atom. The van der Waals surface area contributed by atoms with Gasteiger partial charge in [0.2, 0.25) is 0 Å². The molecule has 0 heterocycles. The summed E-state index contributed by atoms with van der Waals surface area (Å²) in [5, 5.41) is 8.84. The van der Waals surface area contributed by atoms with Gasteiger partial charge in [-0.3, -0.25) is 4.79 Å². The molecule has 158 valence electrons. The third-order valence-electron chi connectivity index (χ3n) is 4.14. The first-order valence-corrected chi connectivity index (χ1v) is 8.85. The molecule has 0 atom stereocenters. The highest BCUT2D eigenvalue weighted by Crippen LogP contribution is 2.35. The van der Waals surface area contributed by atoms with Gasteiger partial charge in [-0.2, -0.15) is 5.26 Å². The van der Waals surface area contributed by atoms with Crippen molar-refractivity contribution in [2.45, 2.75) is 6.42 Å². The van der Waals surface area contributed by atoms with Gasteiger partial charge in [-0.1, -0.05) is 0 Å². The summed E-state index contributed by atoms with van der Waals surface area (Å²) in [7, 11) is 4.24. The Morgan fingerprint density at radius 1 is 1.00 bits per heavy atom. The Balaban J connectivity index is 2.17. The lowest BCUT2D eigenvalue weighted by molar-refractivity contribution is -0.121. The van der Waals surface area contributed by atoms with Gasteiger partial charge in [0.05, 0.1) is 33.8 Å². The van der Waals surface area contributed by atoms with Gasteiger partial charge in [0.15, 0.2) is 18.1 Å². The number of methoxy groups -OCH3 is 3. The van der Waals surface area contributed by atoms with E-state index in [-0.39, 0.29) is 24.3 Å². The number of ether oxygens (including phenoxy) is 4. The van der Waals surface area contributed by atoms with Crippen molar-refractivity contribution in [2.24, 2.45) is 0 Å². The second-order valence-corrected chi connectivity index (χ2v) is 5.91. The number of rotatable bonds is 9. The van der Waals surface area contributed by atoms with Crippen LogP contribution >= 0.6 is 0 Å². The number of esters is 1. The van der Waals surface area contributed by atoms with E-state index in [1.165, 1.54) is 62.6 Å². The van der Waals surface area contributed by atoms with Crippen molar-refractivity contribution < 1.29 is 32.9 Å². The molecule has 0 aliphatic rings. The first kappa shape index (κ1) is 22.5. The predicted octanol–water partition coefficient (Wildman–Crippen LogP) is 2.96. The Labute approximate surface area is 173 Å². The Bertz CT molecular complexity index is 940. The van der Waals surface area contributed by atoms with Gasteiger partial charge in [-0.25, -0.2) is 9.18 Å². The van der Waals surface area contributed by atoms with Crippen molar-refractivity contribution in [2.75, 3.05) is 39.4 Å². The van der Waals surface area contributed by atoms with Crippen LogP contribution in [0.1, 0.15) is 16.8 Å². The molecule has 0 spiro atoms. The molecular weight excluding hydrogens is 395 g/mol. The van der Waals surface area contributed by atoms with Crippen LogP contribution in [0.5, 0.6) is 17.2 Å². The Morgan fingerprint density at radius 2 is 1.60 bits per heavy atom. The van der Waals surface area contributed by atoms with Crippen molar-refractivity contribution in [1.29, 1.82) is 5.26 Å². The fourth-order valence-corrected chi connectivity index (χ4v) is 2.65. The lowest BCUT2D eigenvalue weighted by atomic mass is 10.1. The largest absolute Gasteiger partial charge is 0.496 e. The number of hydrogen-bond acceptors (Lipinski definition) is 7. The van der Waals surface area contributed by atoms with Gasteiger partial charge < -0.3 is 23.8 Å². The summed E-state index contributed by atoms with van der Waals surface area (Å²) in [4.78, 5) is 26.4. The number of nitriles is 1. The van der Waals surface area contributed by atoms with Crippen molar-refractivity contribution in [1.82, 2.24) is 0 Å². The van der Waals surface area contributed by atoms with E-state index in [1.54, 1.807) is 0 Å². The highest BCUT2D eigenvalue weighted by Gasteiger charge is 2.22. The van der Waals surface area contributed by atoms with Crippen molar-refractivity contribution in [3.8, 4) is 23.3 Å². The Hall–Kier alpha value is -3.80. The van der Waals surface area contributed by atoms with E-state index >= 15 is 0 Å². The molecule has 0 aromatic heterocycles. The number of anilines is 1. The first-order valence-electron chi connectivity index (χ1n) is 8.85. The van der Waals surface area contributed by atoms with E-state index in [9.17, 15) is 14.0 Å². The molecule has 0 saturated carbocycles. The molecule has 2 rings (SSSR count). The SMILES string of the molecule is COc1cc(OC)c(C(=O)OCC(=O)N(CCC#N)c2ccc(F)cc2)cc1OC. The number of halogens is 1. The van der Waals surface area contributed by atoms with Crippen LogP contribution in [-0.4, -0.2) is 46.4 Å². The zero-order valence-electron chi connectivity index (χ0n) is 16.8. The first-order chi connectivity index (χ1) is 14.4. The summed E-state index contributed by atoms with van der Waals surface area (Å²) in [6.45, 7) is -0.517. The summed E-state index contributed by atoms with van der Waals surface area (Å²) in [6, 6.07) is 10.0. The molecule has 0 aliphatic carbocycles. The minimum absolute atomic E-state index is 0.0494. The van der Waals surface area contributed by atoms with Crippen LogP contribution in [0.4, 0.5) is 10.1 Å². The molecule has 2 aromatic rings. The molecule has 1 amide bonds. The highest BCUT2D eigenvalue weighted by molar-refractivity contribution is 5.98. The van der Waals surface area contributed by atoms with Gasteiger partial charge in [0, 0.05) is 24.4 Å². The monoisotopic (exact) mass is 416 g/mol. The minimum atomic E-state index is -0.805. The topological polar surface area (TPSA) is 98.1 Å². The van der Waals surface area contributed by atoms with Gasteiger partial charge in [0.25, 0.3) is 5.91 Å². The summed E-state index contributed by atoms with van der Waals surface area (Å²) in [5.74, 6) is -0.993. The average Bonchev–Trinajstić information content (AvgIpc) is 2.77. The van der Waals surface area contributed by atoms with Gasteiger partial charge in [-0.15, -0.1) is 0 Å². The van der Waals surface area contributed by atoms with E-state index in [1.807, 2.05) is 6.07 Å². The van der Waals surface area contributed by atoms with E-state index in [4.69, 9.17) is 24.2 Å². The molecule has 0 bridgehead atoms. The van der Waals surface area contributed by atoms with Gasteiger partial charge in [0.1, 0.15) is 17.1 Å². The third-order valence-corrected chi connectivity index (χ3v) is 4.14. The second kappa shape index (κ2) is 10.7. The molecule has 0 aliphatic heterocycles. The van der Waals surface area contributed by atoms with Crippen LogP contribution in [0.15, 0.2) is 36.4 Å². The molecule has 0 saturated heterocycles. The summed E-state index contributed by atoms with van der Waals surface area (Å²) >= 11 is 0. The standard InChI is InChI=1S/C21H21FN2O6/c1-27-17-12-19(29-3)18(28-2)11-16(17)21(26)30-13-20(25)24(10-4-9-23)15-7-5-14(22)6-8-15/h5-8,11-12H,4,10,13H2,1-3H3. The number of hydrogen-bond donors (Lipinski definition) is 0.